The second-order valence-electron chi connectivity index (χ2n) is 7.97. The van der Waals surface area contributed by atoms with Gasteiger partial charge in [-0.2, -0.15) is 0 Å². The molecule has 0 atom stereocenters. The molecule has 0 aliphatic carbocycles. The van der Waals surface area contributed by atoms with Gasteiger partial charge in [0.1, 0.15) is 6.61 Å². The molecule has 0 N–H and O–H groups in total. The second-order valence-corrected chi connectivity index (χ2v) is 7.97. The number of benzene rings is 2. The van der Waals surface area contributed by atoms with Crippen LogP contribution in [0.1, 0.15) is 24.8 Å². The molecular formula is C25H30ClFN2O4. The van der Waals surface area contributed by atoms with Crippen LogP contribution in [0.15, 0.2) is 42.5 Å². The number of anilines is 1. The molecule has 0 unspecified atom stereocenters. The number of halogens is 2. The van der Waals surface area contributed by atoms with Crippen molar-refractivity contribution in [3.8, 4) is 17.2 Å². The van der Waals surface area contributed by atoms with Gasteiger partial charge in [0.05, 0.1) is 14.2 Å². The van der Waals surface area contributed by atoms with Gasteiger partial charge in [-0.15, -0.1) is 12.4 Å². The monoisotopic (exact) mass is 476 g/mol. The maximum atomic E-state index is 14.1. The molecule has 2 heterocycles. The summed E-state index contributed by atoms with van der Waals surface area (Å²) in [5.41, 5.74) is 1.80. The van der Waals surface area contributed by atoms with Crippen LogP contribution in [0.25, 0.3) is 5.57 Å². The van der Waals surface area contributed by atoms with Crippen molar-refractivity contribution in [2.75, 3.05) is 51.9 Å². The lowest BCUT2D eigenvalue weighted by molar-refractivity contribution is -0.112. The third-order valence-electron chi connectivity index (χ3n) is 5.99. The fourth-order valence-corrected chi connectivity index (χ4v) is 4.21. The van der Waals surface area contributed by atoms with Crippen LogP contribution in [0.5, 0.6) is 17.2 Å². The van der Waals surface area contributed by atoms with Crippen molar-refractivity contribution >= 4 is 29.6 Å². The maximum Gasteiger partial charge on any atom is 0.258 e. The lowest BCUT2D eigenvalue weighted by atomic mass is 10.1. The second kappa shape index (κ2) is 11.4. The van der Waals surface area contributed by atoms with E-state index in [1.807, 2.05) is 24.3 Å². The van der Waals surface area contributed by atoms with Crippen molar-refractivity contribution in [3.63, 3.8) is 0 Å². The zero-order chi connectivity index (χ0) is 22.5. The standard InChI is InChI=1S/C25H29FN2O4.ClH/c1-30-22-9-7-19(17-21(22)26)28-13-10-20(25(28)29)18-6-8-23(31-2)24(16-18)32-15-14-27-11-4-3-5-12-27;/h6-10,16-17H,3-5,11-15H2,1-2H3;1H. The molecule has 178 valence electrons. The van der Waals surface area contributed by atoms with E-state index in [-0.39, 0.29) is 24.1 Å². The Morgan fingerprint density at radius 2 is 1.67 bits per heavy atom. The highest BCUT2D eigenvalue weighted by molar-refractivity contribution is 6.28. The van der Waals surface area contributed by atoms with Crippen LogP contribution in [0, 0.1) is 5.82 Å². The van der Waals surface area contributed by atoms with E-state index in [1.54, 1.807) is 18.1 Å². The van der Waals surface area contributed by atoms with Crippen molar-refractivity contribution < 1.29 is 23.4 Å². The summed E-state index contributed by atoms with van der Waals surface area (Å²) in [6.07, 6.45) is 5.63. The number of likely N-dealkylation sites (tertiary alicyclic amines) is 1. The van der Waals surface area contributed by atoms with Crippen LogP contribution in [-0.2, 0) is 4.79 Å². The predicted molar refractivity (Wildman–Crippen MR) is 129 cm³/mol. The highest BCUT2D eigenvalue weighted by atomic mass is 35.5. The highest BCUT2D eigenvalue weighted by Crippen LogP contribution is 2.34. The Morgan fingerprint density at radius 1 is 0.939 bits per heavy atom. The fraction of sp³-hybridized carbons (Fsp3) is 0.400. The first-order chi connectivity index (χ1) is 15.6. The first kappa shape index (κ1) is 24.9. The number of hydrogen-bond acceptors (Lipinski definition) is 5. The van der Waals surface area contributed by atoms with Crippen molar-refractivity contribution in [2.24, 2.45) is 0 Å². The van der Waals surface area contributed by atoms with Crippen molar-refractivity contribution in [1.82, 2.24) is 4.90 Å². The summed E-state index contributed by atoms with van der Waals surface area (Å²) in [5.74, 6) is 0.714. The van der Waals surface area contributed by atoms with Gasteiger partial charge >= 0.3 is 0 Å². The normalized spacial score (nSPS) is 16.3. The lowest BCUT2D eigenvalue weighted by Gasteiger charge is -2.26. The van der Waals surface area contributed by atoms with Crippen LogP contribution in [0.3, 0.4) is 0 Å². The zero-order valence-corrected chi connectivity index (χ0v) is 19.8. The van der Waals surface area contributed by atoms with Crippen LogP contribution in [0.4, 0.5) is 10.1 Å². The molecular weight excluding hydrogens is 447 g/mol. The number of carbonyl (C=O) groups is 1. The van der Waals surface area contributed by atoms with E-state index < -0.39 is 5.82 Å². The van der Waals surface area contributed by atoms with E-state index in [1.165, 1.54) is 38.5 Å². The number of rotatable bonds is 8. The van der Waals surface area contributed by atoms with Gasteiger partial charge in [-0.05, 0) is 55.8 Å². The summed E-state index contributed by atoms with van der Waals surface area (Å²) in [4.78, 5) is 17.0. The zero-order valence-electron chi connectivity index (χ0n) is 19.0. The molecule has 1 saturated heterocycles. The van der Waals surface area contributed by atoms with Gasteiger partial charge in [-0.25, -0.2) is 4.39 Å². The van der Waals surface area contributed by atoms with Crippen molar-refractivity contribution in [3.05, 3.63) is 53.9 Å². The number of hydrogen-bond donors (Lipinski definition) is 0. The molecule has 1 amide bonds. The molecule has 6 nitrogen and oxygen atoms in total. The number of piperidine rings is 1. The average Bonchev–Trinajstić information content (AvgIpc) is 3.21. The number of amides is 1. The molecule has 2 aromatic rings. The molecule has 33 heavy (non-hydrogen) atoms. The molecule has 4 rings (SSSR count). The van der Waals surface area contributed by atoms with E-state index in [2.05, 4.69) is 4.90 Å². The summed E-state index contributed by atoms with van der Waals surface area (Å²) in [6.45, 7) is 4.03. The first-order valence-corrected chi connectivity index (χ1v) is 11.0. The molecule has 0 spiro atoms. The van der Waals surface area contributed by atoms with Gasteiger partial charge in [0.25, 0.3) is 5.91 Å². The lowest BCUT2D eigenvalue weighted by Crippen LogP contribution is -2.33. The third kappa shape index (κ3) is 5.60. The first-order valence-electron chi connectivity index (χ1n) is 11.0. The Balaban J connectivity index is 0.00000306. The summed E-state index contributed by atoms with van der Waals surface area (Å²) in [7, 11) is 3.01. The highest BCUT2D eigenvalue weighted by Gasteiger charge is 2.27. The van der Waals surface area contributed by atoms with E-state index >= 15 is 0 Å². The van der Waals surface area contributed by atoms with Gasteiger partial charge in [0.2, 0.25) is 0 Å². The van der Waals surface area contributed by atoms with Crippen LogP contribution in [0.2, 0.25) is 0 Å². The Hall–Kier alpha value is -2.77. The van der Waals surface area contributed by atoms with Crippen molar-refractivity contribution in [2.45, 2.75) is 19.3 Å². The number of carbonyl (C=O) groups excluding carboxylic acids is 1. The van der Waals surface area contributed by atoms with Crippen LogP contribution in [-0.4, -0.2) is 57.8 Å². The van der Waals surface area contributed by atoms with Gasteiger partial charge in [-0.3, -0.25) is 9.69 Å². The molecule has 2 aromatic carbocycles. The summed E-state index contributed by atoms with van der Waals surface area (Å²) < 4.78 is 30.6. The van der Waals surface area contributed by atoms with E-state index in [0.29, 0.717) is 35.9 Å². The Morgan fingerprint density at radius 3 is 2.36 bits per heavy atom. The smallest absolute Gasteiger partial charge is 0.258 e. The van der Waals surface area contributed by atoms with E-state index in [9.17, 15) is 9.18 Å². The van der Waals surface area contributed by atoms with Gasteiger partial charge in [0, 0.05) is 30.4 Å². The predicted octanol–water partition coefficient (Wildman–Crippen LogP) is 4.56. The quantitative estimate of drug-likeness (QED) is 0.559. The molecule has 1 fully saturated rings. The molecule has 2 aliphatic heterocycles. The molecule has 0 radical (unpaired) electrons. The number of ether oxygens (including phenoxy) is 3. The summed E-state index contributed by atoms with van der Waals surface area (Å²) in [5, 5.41) is 0. The van der Waals surface area contributed by atoms with Crippen LogP contribution < -0.4 is 19.1 Å². The van der Waals surface area contributed by atoms with Crippen LogP contribution >= 0.6 is 12.4 Å². The molecule has 2 aliphatic rings. The summed E-state index contributed by atoms with van der Waals surface area (Å²) in [6, 6.07) is 10.0. The van der Waals surface area contributed by atoms with Gasteiger partial charge in [0.15, 0.2) is 23.1 Å². The third-order valence-corrected chi connectivity index (χ3v) is 5.99. The fourth-order valence-electron chi connectivity index (χ4n) is 4.21. The molecule has 0 saturated carbocycles. The molecule has 0 bridgehead atoms. The van der Waals surface area contributed by atoms with E-state index in [0.717, 1.165) is 25.2 Å². The number of methoxy groups -OCH3 is 2. The minimum atomic E-state index is -0.500. The molecule has 0 aromatic heterocycles. The average molecular weight is 477 g/mol. The largest absolute Gasteiger partial charge is 0.494 e. The Kier molecular flexibility index (Phi) is 8.58. The Labute approximate surface area is 200 Å². The topological polar surface area (TPSA) is 51.2 Å². The van der Waals surface area contributed by atoms with Crippen molar-refractivity contribution in [1.29, 1.82) is 0 Å². The number of nitrogens with zero attached hydrogens (tertiary/aromatic N) is 2. The van der Waals surface area contributed by atoms with E-state index in [4.69, 9.17) is 14.2 Å². The van der Waals surface area contributed by atoms with Gasteiger partial charge < -0.3 is 19.1 Å². The summed E-state index contributed by atoms with van der Waals surface area (Å²) >= 11 is 0. The minimum absolute atomic E-state index is 0. The van der Waals surface area contributed by atoms with Gasteiger partial charge in [-0.1, -0.05) is 18.6 Å². The Bertz CT molecular complexity index is 1010. The minimum Gasteiger partial charge on any atom is -0.494 e. The molecule has 8 heteroatoms. The SMILES string of the molecule is COc1ccc(N2CC=C(c3ccc(OC)c(OCCN4CCCCC4)c3)C2=O)cc1F.Cl. The maximum absolute atomic E-state index is 14.1.